The maximum atomic E-state index is 12.5. The summed E-state index contributed by atoms with van der Waals surface area (Å²) in [6.45, 7) is 1.30. The fourth-order valence-electron chi connectivity index (χ4n) is 4.02. The summed E-state index contributed by atoms with van der Waals surface area (Å²) in [6, 6.07) is 9.63. The van der Waals surface area contributed by atoms with Crippen LogP contribution in [0, 0.1) is 5.92 Å². The Morgan fingerprint density at radius 3 is 2.80 bits per heavy atom. The highest BCUT2D eigenvalue weighted by Crippen LogP contribution is 2.25. The number of para-hydroxylation sites is 2. The molecular weight excluding hydrogens is 380 g/mol. The van der Waals surface area contributed by atoms with E-state index in [0.717, 1.165) is 49.7 Å². The molecule has 0 bridgehead atoms. The number of rotatable bonds is 7. The van der Waals surface area contributed by atoms with Crippen molar-refractivity contribution in [2.75, 3.05) is 11.9 Å². The largest absolute Gasteiger partial charge is 0.351 e. The summed E-state index contributed by atoms with van der Waals surface area (Å²) in [5, 5.41) is 10.1. The fourth-order valence-corrected chi connectivity index (χ4v) is 4.02. The van der Waals surface area contributed by atoms with Crippen molar-refractivity contribution in [1.82, 2.24) is 24.6 Å². The predicted molar refractivity (Wildman–Crippen MR) is 115 cm³/mol. The van der Waals surface area contributed by atoms with Gasteiger partial charge in [0, 0.05) is 32.1 Å². The Labute approximate surface area is 175 Å². The maximum absolute atomic E-state index is 12.5. The zero-order chi connectivity index (χ0) is 20.9. The molecule has 30 heavy (non-hydrogen) atoms. The van der Waals surface area contributed by atoms with Crippen LogP contribution < -0.4 is 10.6 Å². The minimum absolute atomic E-state index is 0.0252. The number of amides is 2. The smallest absolute Gasteiger partial charge is 0.271 e. The minimum Gasteiger partial charge on any atom is -0.351 e. The van der Waals surface area contributed by atoms with Gasteiger partial charge in [0.1, 0.15) is 5.82 Å². The van der Waals surface area contributed by atoms with Gasteiger partial charge in [0.05, 0.1) is 17.4 Å². The normalized spacial score (nSPS) is 14.7. The highest BCUT2D eigenvalue weighted by molar-refractivity contribution is 5.96. The van der Waals surface area contributed by atoms with Crippen LogP contribution in [0.1, 0.15) is 49.0 Å². The van der Waals surface area contributed by atoms with E-state index in [1.165, 1.54) is 6.42 Å². The maximum Gasteiger partial charge on any atom is 0.271 e. The lowest BCUT2D eigenvalue weighted by atomic mass is 9.89. The van der Waals surface area contributed by atoms with Crippen LogP contribution in [0.15, 0.2) is 36.7 Å². The van der Waals surface area contributed by atoms with Gasteiger partial charge in [-0.05, 0) is 31.4 Å². The Kier molecular flexibility index (Phi) is 6.11. The number of fused-ring (bicyclic) bond motifs is 1. The lowest BCUT2D eigenvalue weighted by Gasteiger charge is -2.20. The standard InChI is InChI=1S/C22H28N6O2/c1-27-20(25-21(29)16-8-3-2-4-9-16)14-18(26-27)22(30)23-12-7-13-28-15-24-17-10-5-6-11-19(17)28/h5-6,10-11,14-16H,2-4,7-9,12-13H2,1H3,(H,23,30)(H,25,29). The van der Waals surface area contributed by atoms with Crippen molar-refractivity contribution >= 4 is 28.7 Å². The van der Waals surface area contributed by atoms with Crippen molar-refractivity contribution in [3.63, 3.8) is 0 Å². The highest BCUT2D eigenvalue weighted by atomic mass is 16.2. The second-order valence-electron chi connectivity index (χ2n) is 7.90. The van der Waals surface area contributed by atoms with Crippen LogP contribution in [0.5, 0.6) is 0 Å². The third kappa shape index (κ3) is 4.53. The van der Waals surface area contributed by atoms with E-state index in [2.05, 4.69) is 25.3 Å². The molecule has 2 aromatic heterocycles. The van der Waals surface area contributed by atoms with Crippen molar-refractivity contribution in [2.24, 2.45) is 13.0 Å². The summed E-state index contributed by atoms with van der Waals surface area (Å²) < 4.78 is 3.63. The van der Waals surface area contributed by atoms with Gasteiger partial charge >= 0.3 is 0 Å². The third-order valence-corrected chi connectivity index (χ3v) is 5.73. The molecule has 1 aliphatic carbocycles. The second-order valence-corrected chi connectivity index (χ2v) is 7.90. The monoisotopic (exact) mass is 408 g/mol. The minimum atomic E-state index is -0.237. The number of imidazole rings is 1. The molecule has 0 radical (unpaired) electrons. The molecule has 2 heterocycles. The van der Waals surface area contributed by atoms with E-state index in [-0.39, 0.29) is 17.7 Å². The molecule has 8 nitrogen and oxygen atoms in total. The summed E-state index contributed by atoms with van der Waals surface area (Å²) in [4.78, 5) is 29.3. The Balaban J connectivity index is 1.27. The van der Waals surface area contributed by atoms with Gasteiger partial charge in [0.25, 0.3) is 5.91 Å². The van der Waals surface area contributed by atoms with E-state index < -0.39 is 0 Å². The number of hydrogen-bond donors (Lipinski definition) is 2. The summed E-state index contributed by atoms with van der Waals surface area (Å²) >= 11 is 0. The van der Waals surface area contributed by atoms with Gasteiger partial charge in [-0.25, -0.2) is 4.98 Å². The number of nitrogens with zero attached hydrogens (tertiary/aromatic N) is 4. The van der Waals surface area contributed by atoms with E-state index in [0.29, 0.717) is 18.1 Å². The van der Waals surface area contributed by atoms with Crippen molar-refractivity contribution in [3.05, 3.63) is 42.4 Å². The Morgan fingerprint density at radius 2 is 1.97 bits per heavy atom. The highest BCUT2D eigenvalue weighted by Gasteiger charge is 2.22. The molecule has 0 spiro atoms. The number of carbonyl (C=O) groups excluding carboxylic acids is 2. The Bertz CT molecular complexity index is 1030. The van der Waals surface area contributed by atoms with Crippen LogP contribution in [-0.4, -0.2) is 37.7 Å². The number of hydrogen-bond acceptors (Lipinski definition) is 4. The van der Waals surface area contributed by atoms with Crippen LogP contribution in [-0.2, 0) is 18.4 Å². The van der Waals surface area contributed by atoms with E-state index in [9.17, 15) is 9.59 Å². The first-order valence-electron chi connectivity index (χ1n) is 10.6. The molecule has 1 fully saturated rings. The quantitative estimate of drug-likeness (QED) is 0.588. The van der Waals surface area contributed by atoms with Crippen LogP contribution in [0.3, 0.4) is 0 Å². The Hall–Kier alpha value is -3.16. The number of aryl methyl sites for hydroxylation is 2. The molecule has 1 aliphatic rings. The molecule has 0 atom stereocenters. The molecule has 8 heteroatoms. The zero-order valence-corrected chi connectivity index (χ0v) is 17.3. The lowest BCUT2D eigenvalue weighted by molar-refractivity contribution is -0.120. The van der Waals surface area contributed by atoms with Crippen molar-refractivity contribution in [2.45, 2.75) is 45.1 Å². The van der Waals surface area contributed by atoms with Crippen LogP contribution in [0.25, 0.3) is 11.0 Å². The number of carbonyl (C=O) groups is 2. The van der Waals surface area contributed by atoms with Gasteiger partial charge in [0.2, 0.25) is 5.91 Å². The number of aromatic nitrogens is 4. The van der Waals surface area contributed by atoms with Gasteiger partial charge in [0.15, 0.2) is 5.69 Å². The first kappa shape index (κ1) is 20.1. The number of benzene rings is 1. The first-order valence-corrected chi connectivity index (χ1v) is 10.6. The van der Waals surface area contributed by atoms with E-state index >= 15 is 0 Å². The third-order valence-electron chi connectivity index (χ3n) is 5.73. The molecular formula is C22H28N6O2. The van der Waals surface area contributed by atoms with Crippen LogP contribution in [0.4, 0.5) is 5.82 Å². The van der Waals surface area contributed by atoms with E-state index in [4.69, 9.17) is 0 Å². The SMILES string of the molecule is Cn1nc(C(=O)NCCCn2cnc3ccccc32)cc1NC(=O)C1CCCCC1. The second kappa shape index (κ2) is 9.11. The van der Waals surface area contributed by atoms with E-state index in [1.54, 1.807) is 17.8 Å². The van der Waals surface area contributed by atoms with E-state index in [1.807, 2.05) is 30.6 Å². The van der Waals surface area contributed by atoms with Crippen molar-refractivity contribution in [3.8, 4) is 0 Å². The average Bonchev–Trinajstić information content (AvgIpc) is 3.35. The van der Waals surface area contributed by atoms with Gasteiger partial charge in [-0.15, -0.1) is 0 Å². The molecule has 158 valence electrons. The number of anilines is 1. The Morgan fingerprint density at radius 1 is 1.17 bits per heavy atom. The van der Waals surface area contributed by atoms with Gasteiger partial charge < -0.3 is 15.2 Å². The first-order chi connectivity index (χ1) is 14.6. The molecule has 3 aromatic rings. The van der Waals surface area contributed by atoms with Crippen LogP contribution in [0.2, 0.25) is 0 Å². The summed E-state index contributed by atoms with van der Waals surface area (Å²) in [7, 11) is 1.73. The van der Waals surface area contributed by atoms with Gasteiger partial charge in [-0.1, -0.05) is 31.4 Å². The molecule has 1 saturated carbocycles. The molecule has 4 rings (SSSR count). The molecule has 1 aromatic carbocycles. The summed E-state index contributed by atoms with van der Waals surface area (Å²) in [5.74, 6) is 0.405. The molecule has 2 amide bonds. The number of nitrogens with one attached hydrogen (secondary N) is 2. The van der Waals surface area contributed by atoms with Crippen molar-refractivity contribution < 1.29 is 9.59 Å². The summed E-state index contributed by atoms with van der Waals surface area (Å²) in [5.41, 5.74) is 2.37. The van der Waals surface area contributed by atoms with Gasteiger partial charge in [-0.3, -0.25) is 14.3 Å². The zero-order valence-electron chi connectivity index (χ0n) is 17.3. The van der Waals surface area contributed by atoms with Crippen molar-refractivity contribution in [1.29, 1.82) is 0 Å². The molecule has 0 unspecified atom stereocenters. The molecule has 0 aliphatic heterocycles. The lowest BCUT2D eigenvalue weighted by Crippen LogP contribution is -2.25. The van der Waals surface area contributed by atoms with Crippen LogP contribution >= 0.6 is 0 Å². The predicted octanol–water partition coefficient (Wildman–Crippen LogP) is 3.11. The topological polar surface area (TPSA) is 93.8 Å². The van der Waals surface area contributed by atoms with Gasteiger partial charge in [-0.2, -0.15) is 5.10 Å². The molecule has 2 N–H and O–H groups in total. The average molecular weight is 409 g/mol. The fraction of sp³-hybridized carbons (Fsp3) is 0.455. The molecule has 0 saturated heterocycles. The summed E-state index contributed by atoms with van der Waals surface area (Å²) in [6.07, 6.45) is 7.89.